The smallest absolute Gasteiger partial charge is 0.220 e. The Morgan fingerprint density at radius 3 is 2.38 bits per heavy atom. The Labute approximate surface area is 179 Å². The number of nitrogens with two attached hydrogens (primary N) is 1. The first kappa shape index (κ1) is 25.0. The lowest BCUT2D eigenvalue weighted by Crippen LogP contribution is -2.38. The minimum atomic E-state index is -0.337. The number of hydrogen-bond acceptors (Lipinski definition) is 5. The zero-order chi connectivity index (χ0) is 22.1. The van der Waals surface area contributed by atoms with Crippen LogP contribution in [0.3, 0.4) is 0 Å². The van der Waals surface area contributed by atoms with E-state index in [1.165, 1.54) is 31.5 Å². The normalized spacial score (nSPS) is 14.4. The summed E-state index contributed by atoms with van der Waals surface area (Å²) < 4.78 is 14.5. The predicted octanol–water partition coefficient (Wildman–Crippen LogP) is 6.73. The highest BCUT2D eigenvalue weighted by Crippen LogP contribution is 2.41. The Morgan fingerprint density at radius 2 is 1.86 bits per heavy atom. The number of unbranched alkanes of at least 4 members (excludes halogenated alkanes) is 2. The Bertz CT molecular complexity index is 780. The summed E-state index contributed by atoms with van der Waals surface area (Å²) in [5.74, 6) is -0.233. The van der Waals surface area contributed by atoms with Crippen molar-refractivity contribution in [3.63, 3.8) is 0 Å². The number of benzene rings is 1. The summed E-state index contributed by atoms with van der Waals surface area (Å²) in [5.41, 5.74) is 7.93. The minimum Gasteiger partial charge on any atom is -0.368 e. The van der Waals surface area contributed by atoms with Crippen molar-refractivity contribution in [2.75, 3.05) is 16.0 Å². The van der Waals surface area contributed by atoms with Crippen LogP contribution in [0.25, 0.3) is 11.3 Å². The van der Waals surface area contributed by atoms with Crippen molar-refractivity contribution in [2.45, 2.75) is 79.9 Å². The molecule has 0 spiro atoms. The van der Waals surface area contributed by atoms with Crippen LogP contribution < -0.4 is 16.0 Å². The molecule has 0 saturated heterocycles. The number of halogens is 2. The van der Waals surface area contributed by atoms with E-state index in [-0.39, 0.29) is 24.0 Å². The molecule has 0 amide bonds. The number of aromatic nitrogens is 2. The molecule has 1 aliphatic rings. The van der Waals surface area contributed by atoms with E-state index in [4.69, 9.17) is 17.3 Å². The van der Waals surface area contributed by atoms with Gasteiger partial charge in [0.2, 0.25) is 5.95 Å². The standard InChI is InChI=1S/C15H17ClFN5.C5H12.C2H6/c1-7(2)22-8(3)20-14-11(17)4-9(5-12(14)22)13-10(16)6-19-15(18)21-13;1-3-5-4-2;1-2/h4-8,20H,1-3H3,(H2,18,19,21);3-5H2,1-2H3;1-2H3. The molecule has 3 N–H and O–H groups in total. The SMILES string of the molecule is CC.CC(C)N1c2cc(-c3nc(N)ncc3Cl)cc(F)c2NC1C.CCCCC. The number of anilines is 3. The van der Waals surface area contributed by atoms with Gasteiger partial charge in [-0.2, -0.15) is 0 Å². The summed E-state index contributed by atoms with van der Waals surface area (Å²) in [7, 11) is 0. The van der Waals surface area contributed by atoms with Gasteiger partial charge in [-0.3, -0.25) is 0 Å². The molecule has 0 saturated carbocycles. The molecule has 1 unspecified atom stereocenters. The Morgan fingerprint density at radius 1 is 1.24 bits per heavy atom. The van der Waals surface area contributed by atoms with Crippen molar-refractivity contribution in [3.05, 3.63) is 29.2 Å². The number of fused-ring (bicyclic) bond motifs is 1. The van der Waals surface area contributed by atoms with Crippen molar-refractivity contribution in [1.82, 2.24) is 9.97 Å². The first-order valence-corrected chi connectivity index (χ1v) is 10.8. The number of hydrogen-bond donors (Lipinski definition) is 2. The molecule has 1 aliphatic heterocycles. The lowest BCUT2D eigenvalue weighted by Gasteiger charge is -2.28. The molecule has 162 valence electrons. The Balaban J connectivity index is 0.000000527. The van der Waals surface area contributed by atoms with E-state index < -0.39 is 0 Å². The molecule has 5 nitrogen and oxygen atoms in total. The topological polar surface area (TPSA) is 67.1 Å². The molecule has 0 fully saturated rings. The minimum absolute atomic E-state index is 0.0192. The lowest BCUT2D eigenvalue weighted by molar-refractivity contribution is 0.629. The lowest BCUT2D eigenvalue weighted by atomic mass is 10.1. The predicted molar refractivity (Wildman–Crippen MR) is 124 cm³/mol. The largest absolute Gasteiger partial charge is 0.368 e. The maximum Gasteiger partial charge on any atom is 0.220 e. The molecule has 29 heavy (non-hydrogen) atoms. The number of nitrogens with zero attached hydrogens (tertiary/aromatic N) is 3. The van der Waals surface area contributed by atoms with E-state index in [9.17, 15) is 4.39 Å². The summed E-state index contributed by atoms with van der Waals surface area (Å²) in [4.78, 5) is 10.1. The van der Waals surface area contributed by atoms with E-state index in [1.807, 2.05) is 26.8 Å². The quantitative estimate of drug-likeness (QED) is 0.570. The molecule has 2 heterocycles. The van der Waals surface area contributed by atoms with E-state index >= 15 is 0 Å². The maximum absolute atomic E-state index is 14.5. The highest BCUT2D eigenvalue weighted by molar-refractivity contribution is 6.32. The van der Waals surface area contributed by atoms with E-state index in [0.717, 1.165) is 5.69 Å². The fraction of sp³-hybridized carbons (Fsp3) is 0.545. The van der Waals surface area contributed by atoms with Gasteiger partial charge in [-0.1, -0.05) is 58.6 Å². The van der Waals surface area contributed by atoms with Crippen molar-refractivity contribution in [2.24, 2.45) is 0 Å². The number of rotatable bonds is 4. The van der Waals surface area contributed by atoms with Gasteiger partial charge in [0.05, 0.1) is 34.5 Å². The molecule has 1 atom stereocenters. The fourth-order valence-corrected chi connectivity index (χ4v) is 3.42. The van der Waals surface area contributed by atoms with Gasteiger partial charge in [0, 0.05) is 11.6 Å². The van der Waals surface area contributed by atoms with Gasteiger partial charge < -0.3 is 16.0 Å². The van der Waals surface area contributed by atoms with Gasteiger partial charge in [0.1, 0.15) is 5.82 Å². The van der Waals surface area contributed by atoms with Gasteiger partial charge in [-0.05, 0) is 32.9 Å². The van der Waals surface area contributed by atoms with Crippen LogP contribution >= 0.6 is 11.6 Å². The first-order valence-electron chi connectivity index (χ1n) is 10.5. The van der Waals surface area contributed by atoms with E-state index in [0.29, 0.717) is 22.0 Å². The van der Waals surface area contributed by atoms with Gasteiger partial charge in [0.15, 0.2) is 0 Å². The van der Waals surface area contributed by atoms with Gasteiger partial charge in [-0.15, -0.1) is 0 Å². The molecule has 0 bridgehead atoms. The second-order valence-electron chi connectivity index (χ2n) is 6.95. The van der Waals surface area contributed by atoms with Crippen LogP contribution in [0.15, 0.2) is 18.3 Å². The molecule has 0 aliphatic carbocycles. The summed E-state index contributed by atoms with van der Waals surface area (Å²) in [6, 6.07) is 3.52. The van der Waals surface area contributed by atoms with Crippen LogP contribution in [0, 0.1) is 5.82 Å². The second-order valence-corrected chi connectivity index (χ2v) is 7.36. The average Bonchev–Trinajstić information content (AvgIpc) is 3.03. The Hall–Kier alpha value is -2.08. The van der Waals surface area contributed by atoms with Crippen LogP contribution in [0.4, 0.5) is 21.7 Å². The summed E-state index contributed by atoms with van der Waals surface area (Å²) in [5, 5.41) is 3.50. The van der Waals surface area contributed by atoms with Crippen LogP contribution in [0.2, 0.25) is 5.02 Å². The average molecular weight is 424 g/mol. The fourth-order valence-electron chi connectivity index (χ4n) is 3.22. The summed E-state index contributed by atoms with van der Waals surface area (Å²) in [6.45, 7) is 14.5. The van der Waals surface area contributed by atoms with Gasteiger partial charge in [0.25, 0.3) is 0 Å². The number of nitrogen functional groups attached to an aromatic ring is 1. The third-order valence-corrected chi connectivity index (χ3v) is 4.69. The molecular formula is C22H35ClFN5. The van der Waals surface area contributed by atoms with Crippen molar-refractivity contribution >= 4 is 28.9 Å². The van der Waals surface area contributed by atoms with Crippen LogP contribution in [0.5, 0.6) is 0 Å². The van der Waals surface area contributed by atoms with Crippen LogP contribution in [0.1, 0.15) is 67.7 Å². The molecule has 3 rings (SSSR count). The van der Waals surface area contributed by atoms with Crippen molar-refractivity contribution in [3.8, 4) is 11.3 Å². The Kier molecular flexibility index (Phi) is 10.2. The van der Waals surface area contributed by atoms with Crippen molar-refractivity contribution in [1.29, 1.82) is 0 Å². The third kappa shape index (κ3) is 6.20. The molecule has 7 heteroatoms. The zero-order valence-corrected chi connectivity index (χ0v) is 19.4. The third-order valence-electron chi connectivity index (χ3n) is 4.42. The summed E-state index contributed by atoms with van der Waals surface area (Å²) in [6.07, 6.45) is 5.52. The second kappa shape index (κ2) is 11.8. The molecule has 0 radical (unpaired) electrons. The first-order chi connectivity index (χ1) is 13.8. The highest BCUT2D eigenvalue weighted by Gasteiger charge is 2.30. The molecule has 2 aromatic rings. The van der Waals surface area contributed by atoms with Crippen LogP contribution in [-0.2, 0) is 0 Å². The van der Waals surface area contributed by atoms with E-state index in [2.05, 4.69) is 47.9 Å². The highest BCUT2D eigenvalue weighted by atomic mass is 35.5. The monoisotopic (exact) mass is 423 g/mol. The van der Waals surface area contributed by atoms with Gasteiger partial charge >= 0.3 is 0 Å². The number of nitrogens with one attached hydrogen (secondary N) is 1. The van der Waals surface area contributed by atoms with Crippen LogP contribution in [-0.4, -0.2) is 22.2 Å². The zero-order valence-electron chi connectivity index (χ0n) is 18.7. The van der Waals surface area contributed by atoms with E-state index in [1.54, 1.807) is 0 Å². The molecule has 1 aromatic carbocycles. The molecular weight excluding hydrogens is 389 g/mol. The van der Waals surface area contributed by atoms with Crippen molar-refractivity contribution < 1.29 is 4.39 Å². The maximum atomic E-state index is 14.5. The molecule has 1 aromatic heterocycles. The van der Waals surface area contributed by atoms with Gasteiger partial charge in [-0.25, -0.2) is 14.4 Å². The summed E-state index contributed by atoms with van der Waals surface area (Å²) >= 11 is 6.13.